The molecule has 0 unspecified atom stereocenters. The molecule has 2 aromatic rings. The van der Waals surface area contributed by atoms with Crippen LogP contribution in [0.25, 0.3) is 0 Å². The van der Waals surface area contributed by atoms with E-state index in [1.54, 1.807) is 0 Å². The van der Waals surface area contributed by atoms with E-state index < -0.39 is 26.4 Å². The molecule has 1 aliphatic heterocycles. The minimum absolute atomic E-state index is 0.186. The average Bonchev–Trinajstić information content (AvgIpc) is 3.18. The molecule has 0 atom stereocenters. The van der Waals surface area contributed by atoms with E-state index in [0.717, 1.165) is 36.5 Å². The molecule has 1 amide bonds. The number of carbonyl (C=O) groups excluding carboxylic acids is 1. The quantitative estimate of drug-likeness (QED) is 0.837. The number of aryl methyl sites for hydroxylation is 1. The van der Waals surface area contributed by atoms with Crippen LogP contribution >= 0.6 is 0 Å². The average molecular weight is 394 g/mol. The van der Waals surface area contributed by atoms with Gasteiger partial charge in [-0.3, -0.25) is 4.79 Å². The summed E-state index contributed by atoms with van der Waals surface area (Å²) in [6, 6.07) is 10.3. The number of benzene rings is 2. The number of sulfone groups is 1. The fourth-order valence-corrected chi connectivity index (χ4v) is 3.77. The lowest BCUT2D eigenvalue weighted by atomic mass is 10.1. The lowest BCUT2D eigenvalue weighted by Crippen LogP contribution is -2.18. The van der Waals surface area contributed by atoms with Crippen LogP contribution in [0.15, 0.2) is 47.4 Å². The van der Waals surface area contributed by atoms with Gasteiger partial charge in [0.1, 0.15) is 0 Å². The Bertz CT molecular complexity index is 938. The first kappa shape index (κ1) is 19.3. The van der Waals surface area contributed by atoms with Gasteiger partial charge in [0.05, 0.1) is 4.90 Å². The third-order valence-corrected chi connectivity index (χ3v) is 6.01. The number of carbonyl (C=O) groups is 1. The molecular weight excluding hydrogens is 374 g/mol. The first-order valence-corrected chi connectivity index (χ1v) is 10.1. The van der Waals surface area contributed by atoms with Gasteiger partial charge in [-0.05, 0) is 67.8 Å². The van der Waals surface area contributed by atoms with E-state index in [1.807, 2.05) is 25.1 Å². The van der Waals surface area contributed by atoms with Crippen molar-refractivity contribution in [2.24, 2.45) is 0 Å². The monoisotopic (exact) mass is 394 g/mol. The minimum Gasteiger partial charge on any atom is -0.372 e. The lowest BCUT2D eigenvalue weighted by molar-refractivity contribution is 0.102. The molecule has 0 saturated carbocycles. The summed E-state index contributed by atoms with van der Waals surface area (Å²) < 4.78 is 48.0. The summed E-state index contributed by atoms with van der Waals surface area (Å²) in [6.45, 7) is 3.95. The van der Waals surface area contributed by atoms with Crippen molar-refractivity contribution in [3.8, 4) is 0 Å². The van der Waals surface area contributed by atoms with Crippen LogP contribution in [0.5, 0.6) is 0 Å². The fourth-order valence-electron chi connectivity index (χ4n) is 3.05. The summed E-state index contributed by atoms with van der Waals surface area (Å²) in [4.78, 5) is 14.2. The Hall–Kier alpha value is -2.48. The molecule has 0 bridgehead atoms. The van der Waals surface area contributed by atoms with Crippen molar-refractivity contribution in [3.05, 3.63) is 53.6 Å². The van der Waals surface area contributed by atoms with E-state index in [4.69, 9.17) is 0 Å². The molecule has 0 aliphatic carbocycles. The lowest BCUT2D eigenvalue weighted by Gasteiger charge is -2.19. The second-order valence-corrected chi connectivity index (χ2v) is 8.40. The number of anilines is 2. The molecule has 0 spiro atoms. The fraction of sp³-hybridized carbons (Fsp3) is 0.316. The van der Waals surface area contributed by atoms with Crippen molar-refractivity contribution in [2.75, 3.05) is 23.3 Å². The second-order valence-electron chi connectivity index (χ2n) is 6.48. The summed E-state index contributed by atoms with van der Waals surface area (Å²) in [6.07, 6.45) is 2.35. The van der Waals surface area contributed by atoms with E-state index in [-0.39, 0.29) is 5.56 Å². The molecule has 2 aromatic carbocycles. The molecule has 0 aromatic heterocycles. The van der Waals surface area contributed by atoms with Crippen molar-refractivity contribution in [3.63, 3.8) is 0 Å². The van der Waals surface area contributed by atoms with Crippen LogP contribution in [0.2, 0.25) is 0 Å². The van der Waals surface area contributed by atoms with Crippen LogP contribution in [0.4, 0.5) is 20.2 Å². The summed E-state index contributed by atoms with van der Waals surface area (Å²) in [7, 11) is -4.67. The zero-order valence-corrected chi connectivity index (χ0v) is 15.6. The van der Waals surface area contributed by atoms with Gasteiger partial charge in [0.2, 0.25) is 9.84 Å². The molecule has 27 heavy (non-hydrogen) atoms. The number of halogens is 2. The predicted molar refractivity (Wildman–Crippen MR) is 100 cm³/mol. The van der Waals surface area contributed by atoms with E-state index >= 15 is 0 Å². The molecule has 1 fully saturated rings. The van der Waals surface area contributed by atoms with Gasteiger partial charge in [-0.25, -0.2) is 8.42 Å². The summed E-state index contributed by atoms with van der Waals surface area (Å²) in [5, 5.41) is 2.77. The molecule has 5 nitrogen and oxygen atoms in total. The molecule has 1 heterocycles. The maximum Gasteiger partial charge on any atom is 0.341 e. The number of hydrogen-bond donors (Lipinski definition) is 1. The van der Waals surface area contributed by atoms with Crippen LogP contribution < -0.4 is 10.2 Å². The maximum atomic E-state index is 12.6. The van der Waals surface area contributed by atoms with Gasteiger partial charge < -0.3 is 10.2 Å². The van der Waals surface area contributed by atoms with Gasteiger partial charge in [-0.2, -0.15) is 8.78 Å². The minimum atomic E-state index is -4.67. The number of hydrogen-bond acceptors (Lipinski definition) is 4. The highest BCUT2D eigenvalue weighted by molar-refractivity contribution is 7.91. The topological polar surface area (TPSA) is 66.5 Å². The number of rotatable bonds is 5. The van der Waals surface area contributed by atoms with Crippen molar-refractivity contribution in [1.29, 1.82) is 0 Å². The maximum absolute atomic E-state index is 12.6. The zero-order valence-electron chi connectivity index (χ0n) is 14.8. The Balaban J connectivity index is 1.73. The van der Waals surface area contributed by atoms with Gasteiger partial charge in [0.15, 0.2) is 0 Å². The van der Waals surface area contributed by atoms with Crippen molar-refractivity contribution in [2.45, 2.75) is 30.4 Å². The van der Waals surface area contributed by atoms with Crippen LogP contribution in [-0.4, -0.2) is 33.2 Å². The van der Waals surface area contributed by atoms with Crippen LogP contribution in [0, 0.1) is 6.92 Å². The Morgan fingerprint density at radius 3 is 2.26 bits per heavy atom. The molecule has 1 N–H and O–H groups in total. The van der Waals surface area contributed by atoms with E-state index in [2.05, 4.69) is 10.2 Å². The summed E-state index contributed by atoms with van der Waals surface area (Å²) >= 11 is 0. The molecule has 8 heteroatoms. The Morgan fingerprint density at radius 2 is 1.70 bits per heavy atom. The third-order valence-electron chi connectivity index (χ3n) is 4.61. The van der Waals surface area contributed by atoms with Crippen molar-refractivity contribution >= 4 is 27.1 Å². The highest BCUT2D eigenvalue weighted by Crippen LogP contribution is 2.26. The molecule has 1 saturated heterocycles. The molecule has 0 radical (unpaired) electrons. The van der Waals surface area contributed by atoms with Crippen LogP contribution in [0.1, 0.15) is 28.8 Å². The van der Waals surface area contributed by atoms with Gasteiger partial charge in [0, 0.05) is 30.0 Å². The number of amides is 1. The summed E-state index contributed by atoms with van der Waals surface area (Å²) in [5.41, 5.74) is 2.85. The second kappa shape index (κ2) is 7.64. The van der Waals surface area contributed by atoms with Gasteiger partial charge >= 0.3 is 5.76 Å². The molecular formula is C19H20F2N2O3S. The van der Waals surface area contributed by atoms with E-state index in [1.165, 1.54) is 25.0 Å². The summed E-state index contributed by atoms with van der Waals surface area (Å²) in [5.74, 6) is -3.93. The van der Waals surface area contributed by atoms with Gasteiger partial charge in [0.25, 0.3) is 5.91 Å². The predicted octanol–water partition coefficient (Wildman–Crippen LogP) is 3.84. The van der Waals surface area contributed by atoms with Gasteiger partial charge in [-0.1, -0.05) is 0 Å². The Labute approximate surface area is 156 Å². The van der Waals surface area contributed by atoms with Crippen molar-refractivity contribution < 1.29 is 22.0 Å². The van der Waals surface area contributed by atoms with Crippen LogP contribution in [-0.2, 0) is 9.84 Å². The first-order valence-electron chi connectivity index (χ1n) is 8.58. The largest absolute Gasteiger partial charge is 0.372 e. The Kier molecular flexibility index (Phi) is 5.46. The highest BCUT2D eigenvalue weighted by Gasteiger charge is 2.26. The van der Waals surface area contributed by atoms with Crippen LogP contribution in [0.3, 0.4) is 0 Å². The molecule has 1 aliphatic rings. The molecule has 144 valence electrons. The normalized spacial score (nSPS) is 14.6. The van der Waals surface area contributed by atoms with Gasteiger partial charge in [-0.15, -0.1) is 0 Å². The third kappa shape index (κ3) is 4.10. The number of nitrogens with one attached hydrogen (secondary N) is 1. The standard InChI is InChI=1S/C19H20F2N2O3S/c1-13-12-15(23-10-2-3-11-23)6-9-17(13)22-18(24)14-4-7-16(8-5-14)27(25,26)19(20)21/h4-9,12,19H,2-3,10-11H2,1H3,(H,22,24). The van der Waals surface area contributed by atoms with Crippen molar-refractivity contribution in [1.82, 2.24) is 0 Å². The van der Waals surface area contributed by atoms with E-state index in [9.17, 15) is 22.0 Å². The smallest absolute Gasteiger partial charge is 0.341 e. The first-order chi connectivity index (χ1) is 12.8. The SMILES string of the molecule is Cc1cc(N2CCCC2)ccc1NC(=O)c1ccc(S(=O)(=O)C(F)F)cc1. The Morgan fingerprint density at radius 1 is 1.07 bits per heavy atom. The zero-order chi connectivity index (χ0) is 19.6. The molecule has 3 rings (SSSR count). The number of alkyl halides is 2. The van der Waals surface area contributed by atoms with E-state index in [0.29, 0.717) is 5.69 Å². The highest BCUT2D eigenvalue weighted by atomic mass is 32.2. The number of nitrogens with zero attached hydrogens (tertiary/aromatic N) is 1.